The average Bonchev–Trinajstić information content (AvgIpc) is 2.64. The molecule has 0 unspecified atom stereocenters. The molecule has 4 nitrogen and oxygen atoms in total. The van der Waals surface area contributed by atoms with Gasteiger partial charge in [-0.15, -0.1) is 10.2 Å². The second kappa shape index (κ2) is 3.59. The van der Waals surface area contributed by atoms with Gasteiger partial charge in [0.05, 0.1) is 0 Å². The molecule has 0 saturated carbocycles. The van der Waals surface area contributed by atoms with E-state index in [0.29, 0.717) is 6.54 Å². The fourth-order valence-electron chi connectivity index (χ4n) is 1.44. The number of aromatic nitrogens is 3. The zero-order valence-electron chi connectivity index (χ0n) is 8.01. The predicted octanol–water partition coefficient (Wildman–Crippen LogP) is 0.941. The van der Waals surface area contributed by atoms with E-state index in [2.05, 4.69) is 10.2 Å². The quantitative estimate of drug-likeness (QED) is 0.763. The second-order valence-corrected chi connectivity index (χ2v) is 3.13. The van der Waals surface area contributed by atoms with E-state index >= 15 is 0 Å². The standard InChI is InChI=1S/C10H12N4/c1-14-7-12-13-10(14)9-5-3-2-4-8(9)6-11/h2-5,7H,6,11H2,1H3. The van der Waals surface area contributed by atoms with Gasteiger partial charge in [-0.05, 0) is 5.56 Å². The van der Waals surface area contributed by atoms with E-state index < -0.39 is 0 Å². The Morgan fingerprint density at radius 3 is 2.79 bits per heavy atom. The van der Waals surface area contributed by atoms with Crippen LogP contribution in [0.5, 0.6) is 0 Å². The van der Waals surface area contributed by atoms with Crippen LogP contribution in [0.25, 0.3) is 11.4 Å². The summed E-state index contributed by atoms with van der Waals surface area (Å²) in [5.41, 5.74) is 7.79. The fraction of sp³-hybridized carbons (Fsp3) is 0.200. The Morgan fingerprint density at radius 2 is 2.14 bits per heavy atom. The molecule has 0 atom stereocenters. The van der Waals surface area contributed by atoms with Crippen molar-refractivity contribution in [1.29, 1.82) is 0 Å². The zero-order valence-corrected chi connectivity index (χ0v) is 8.01. The molecule has 1 heterocycles. The van der Waals surface area contributed by atoms with Crippen LogP contribution >= 0.6 is 0 Å². The first-order chi connectivity index (χ1) is 6.83. The highest BCUT2D eigenvalue weighted by atomic mass is 15.2. The molecule has 0 fully saturated rings. The summed E-state index contributed by atoms with van der Waals surface area (Å²) in [6, 6.07) is 7.96. The van der Waals surface area contributed by atoms with Crippen molar-refractivity contribution in [2.24, 2.45) is 12.8 Å². The van der Waals surface area contributed by atoms with Gasteiger partial charge in [0.25, 0.3) is 0 Å². The Bertz CT molecular complexity index is 433. The van der Waals surface area contributed by atoms with Crippen LogP contribution in [-0.2, 0) is 13.6 Å². The molecule has 0 aliphatic rings. The molecule has 2 aromatic rings. The third-order valence-corrected chi connectivity index (χ3v) is 2.19. The zero-order chi connectivity index (χ0) is 9.97. The van der Waals surface area contributed by atoms with Gasteiger partial charge in [0.15, 0.2) is 5.82 Å². The third kappa shape index (κ3) is 1.40. The lowest BCUT2D eigenvalue weighted by atomic mass is 10.1. The summed E-state index contributed by atoms with van der Waals surface area (Å²) in [7, 11) is 1.92. The summed E-state index contributed by atoms with van der Waals surface area (Å²) >= 11 is 0. The van der Waals surface area contributed by atoms with Crippen LogP contribution in [0.1, 0.15) is 5.56 Å². The molecule has 2 N–H and O–H groups in total. The SMILES string of the molecule is Cn1cnnc1-c1ccccc1CN. The van der Waals surface area contributed by atoms with E-state index in [1.165, 1.54) is 0 Å². The summed E-state index contributed by atoms with van der Waals surface area (Å²) in [6.07, 6.45) is 1.68. The van der Waals surface area contributed by atoms with Crippen LogP contribution in [0.3, 0.4) is 0 Å². The van der Waals surface area contributed by atoms with E-state index in [1.807, 2.05) is 35.9 Å². The van der Waals surface area contributed by atoms with Crippen molar-refractivity contribution in [2.75, 3.05) is 0 Å². The normalized spacial score (nSPS) is 10.4. The average molecular weight is 188 g/mol. The summed E-state index contributed by atoms with van der Waals surface area (Å²) in [5, 5.41) is 7.90. The van der Waals surface area contributed by atoms with Crippen molar-refractivity contribution in [3.05, 3.63) is 36.2 Å². The Balaban J connectivity index is 2.56. The van der Waals surface area contributed by atoms with Gasteiger partial charge >= 0.3 is 0 Å². The Morgan fingerprint density at radius 1 is 1.36 bits per heavy atom. The number of benzene rings is 1. The monoisotopic (exact) mass is 188 g/mol. The topological polar surface area (TPSA) is 56.7 Å². The van der Waals surface area contributed by atoms with Gasteiger partial charge < -0.3 is 10.3 Å². The molecule has 1 aromatic heterocycles. The Kier molecular flexibility index (Phi) is 2.28. The first-order valence-electron chi connectivity index (χ1n) is 4.45. The molecule has 2 rings (SSSR count). The van der Waals surface area contributed by atoms with Gasteiger partial charge in [0.2, 0.25) is 0 Å². The van der Waals surface area contributed by atoms with Gasteiger partial charge in [-0.1, -0.05) is 24.3 Å². The molecule has 0 spiro atoms. The Hall–Kier alpha value is -1.68. The number of nitrogens with two attached hydrogens (primary N) is 1. The number of hydrogen-bond donors (Lipinski definition) is 1. The minimum absolute atomic E-state index is 0.517. The van der Waals surface area contributed by atoms with E-state index in [4.69, 9.17) is 5.73 Å². The minimum Gasteiger partial charge on any atom is -0.326 e. The van der Waals surface area contributed by atoms with Gasteiger partial charge in [0, 0.05) is 19.2 Å². The molecule has 0 saturated heterocycles. The summed E-state index contributed by atoms with van der Waals surface area (Å²) in [4.78, 5) is 0. The predicted molar refractivity (Wildman–Crippen MR) is 54.3 cm³/mol. The molecule has 14 heavy (non-hydrogen) atoms. The lowest BCUT2D eigenvalue weighted by Gasteiger charge is -2.05. The van der Waals surface area contributed by atoms with Crippen LogP contribution in [0.15, 0.2) is 30.6 Å². The molecule has 0 amide bonds. The highest BCUT2D eigenvalue weighted by molar-refractivity contribution is 5.60. The summed E-state index contributed by atoms with van der Waals surface area (Å²) in [5.74, 6) is 0.853. The van der Waals surface area contributed by atoms with Crippen molar-refractivity contribution >= 4 is 0 Å². The van der Waals surface area contributed by atoms with Gasteiger partial charge in [-0.3, -0.25) is 0 Å². The number of nitrogens with zero attached hydrogens (tertiary/aromatic N) is 3. The maximum absolute atomic E-state index is 5.65. The van der Waals surface area contributed by atoms with Crippen LogP contribution in [-0.4, -0.2) is 14.8 Å². The lowest BCUT2D eigenvalue weighted by molar-refractivity contribution is 0.915. The second-order valence-electron chi connectivity index (χ2n) is 3.13. The van der Waals surface area contributed by atoms with Crippen LogP contribution in [0.4, 0.5) is 0 Å². The lowest BCUT2D eigenvalue weighted by Crippen LogP contribution is -2.01. The van der Waals surface area contributed by atoms with Crippen molar-refractivity contribution < 1.29 is 0 Å². The molecule has 4 heteroatoms. The maximum atomic E-state index is 5.65. The largest absolute Gasteiger partial charge is 0.326 e. The number of rotatable bonds is 2. The molecule has 72 valence electrons. The molecule has 0 radical (unpaired) electrons. The van der Waals surface area contributed by atoms with Gasteiger partial charge in [-0.2, -0.15) is 0 Å². The smallest absolute Gasteiger partial charge is 0.163 e. The van der Waals surface area contributed by atoms with E-state index in [0.717, 1.165) is 17.0 Å². The van der Waals surface area contributed by atoms with E-state index in [9.17, 15) is 0 Å². The van der Waals surface area contributed by atoms with Crippen molar-refractivity contribution in [3.63, 3.8) is 0 Å². The molecular formula is C10H12N4. The van der Waals surface area contributed by atoms with E-state index in [1.54, 1.807) is 6.33 Å². The summed E-state index contributed by atoms with van der Waals surface area (Å²) in [6.45, 7) is 0.517. The van der Waals surface area contributed by atoms with Crippen molar-refractivity contribution in [2.45, 2.75) is 6.54 Å². The first-order valence-corrected chi connectivity index (χ1v) is 4.45. The van der Waals surface area contributed by atoms with Crippen LogP contribution in [0.2, 0.25) is 0 Å². The molecule has 0 bridgehead atoms. The molecule has 0 aliphatic heterocycles. The first kappa shape index (κ1) is 8.90. The number of hydrogen-bond acceptors (Lipinski definition) is 3. The van der Waals surface area contributed by atoms with E-state index in [-0.39, 0.29) is 0 Å². The van der Waals surface area contributed by atoms with Gasteiger partial charge in [-0.25, -0.2) is 0 Å². The summed E-state index contributed by atoms with van der Waals surface area (Å²) < 4.78 is 1.88. The van der Waals surface area contributed by atoms with Crippen molar-refractivity contribution in [1.82, 2.24) is 14.8 Å². The van der Waals surface area contributed by atoms with Gasteiger partial charge in [0.1, 0.15) is 6.33 Å². The van der Waals surface area contributed by atoms with Crippen LogP contribution in [0, 0.1) is 0 Å². The highest BCUT2D eigenvalue weighted by Gasteiger charge is 2.07. The molecule has 0 aliphatic carbocycles. The van der Waals surface area contributed by atoms with Crippen molar-refractivity contribution in [3.8, 4) is 11.4 Å². The van der Waals surface area contributed by atoms with Crippen LogP contribution < -0.4 is 5.73 Å². The third-order valence-electron chi connectivity index (χ3n) is 2.19. The fourth-order valence-corrected chi connectivity index (χ4v) is 1.44. The number of aryl methyl sites for hydroxylation is 1. The Labute approximate surface area is 82.4 Å². The minimum atomic E-state index is 0.517. The highest BCUT2D eigenvalue weighted by Crippen LogP contribution is 2.19. The maximum Gasteiger partial charge on any atom is 0.163 e. The molecular weight excluding hydrogens is 176 g/mol. The molecule has 1 aromatic carbocycles.